The van der Waals surface area contributed by atoms with Crippen LogP contribution in [0.2, 0.25) is 0 Å². The third-order valence-electron chi connectivity index (χ3n) is 4.23. The van der Waals surface area contributed by atoms with Gasteiger partial charge in [-0.3, -0.25) is 4.79 Å². The number of carbonyl (C=O) groups is 1. The number of nitrogens with one attached hydrogen (secondary N) is 1. The van der Waals surface area contributed by atoms with Gasteiger partial charge in [-0.25, -0.2) is 4.98 Å². The third kappa shape index (κ3) is 3.32. The lowest BCUT2D eigenvalue weighted by atomic mass is 9.97. The molecule has 1 N–H and O–H groups in total. The predicted molar refractivity (Wildman–Crippen MR) is 81.1 cm³/mol. The van der Waals surface area contributed by atoms with Gasteiger partial charge in [0.25, 0.3) is 0 Å². The molecule has 1 aromatic rings. The molecule has 4 nitrogen and oxygen atoms in total. The highest BCUT2D eigenvalue weighted by Gasteiger charge is 2.32. The van der Waals surface area contributed by atoms with E-state index in [0.717, 1.165) is 30.1 Å². The van der Waals surface area contributed by atoms with Crippen molar-refractivity contribution in [3.05, 3.63) is 16.1 Å². The topological polar surface area (TPSA) is 45.2 Å². The summed E-state index contributed by atoms with van der Waals surface area (Å²) in [7, 11) is 0. The Morgan fingerprint density at radius 1 is 1.50 bits per heavy atom. The smallest absolute Gasteiger partial charge is 0.227 e. The van der Waals surface area contributed by atoms with Crippen LogP contribution in [0.25, 0.3) is 0 Å². The fraction of sp³-hybridized carbons (Fsp3) is 0.714. The lowest BCUT2D eigenvalue weighted by Crippen LogP contribution is -2.47. The maximum absolute atomic E-state index is 12.1. The van der Waals surface area contributed by atoms with E-state index in [9.17, 15) is 4.79 Å². The fourth-order valence-electron chi connectivity index (χ4n) is 3.26. The van der Waals surface area contributed by atoms with E-state index in [0.29, 0.717) is 24.4 Å². The number of carbonyl (C=O) groups excluding carboxylic acids is 1. The molecule has 3 heterocycles. The van der Waals surface area contributed by atoms with Crippen molar-refractivity contribution in [1.82, 2.24) is 15.2 Å². The summed E-state index contributed by atoms with van der Waals surface area (Å²) in [5.74, 6) is 0.509. The Bertz CT molecular complexity index is 479. The van der Waals surface area contributed by atoms with Crippen LogP contribution in [0.1, 0.15) is 36.4 Å². The zero-order chi connectivity index (χ0) is 13.9. The van der Waals surface area contributed by atoms with Gasteiger partial charge in [0.05, 0.1) is 18.0 Å². The molecule has 0 aromatic carbocycles. The molecule has 2 fully saturated rings. The minimum atomic E-state index is 0.0944. The summed E-state index contributed by atoms with van der Waals surface area (Å²) in [5.41, 5.74) is 0.860. The molecule has 20 heavy (non-hydrogen) atoms. The van der Waals surface area contributed by atoms with Gasteiger partial charge in [0, 0.05) is 24.0 Å². The second-order valence-corrected chi connectivity index (χ2v) is 6.87. The highest BCUT2D eigenvalue weighted by Crippen LogP contribution is 2.26. The van der Waals surface area contributed by atoms with E-state index in [4.69, 9.17) is 11.6 Å². The molecule has 6 heteroatoms. The van der Waals surface area contributed by atoms with Crippen molar-refractivity contribution in [2.75, 3.05) is 13.1 Å². The maximum Gasteiger partial charge on any atom is 0.227 e. The van der Waals surface area contributed by atoms with Gasteiger partial charge >= 0.3 is 0 Å². The fourth-order valence-corrected chi connectivity index (χ4v) is 4.28. The molecule has 2 atom stereocenters. The first-order valence-electron chi connectivity index (χ1n) is 7.27. The minimum Gasteiger partial charge on any atom is -0.353 e. The first-order valence-corrected chi connectivity index (χ1v) is 8.68. The van der Waals surface area contributed by atoms with E-state index in [2.05, 4.69) is 15.2 Å². The van der Waals surface area contributed by atoms with Crippen LogP contribution in [-0.2, 0) is 17.1 Å². The highest BCUT2D eigenvalue weighted by molar-refractivity contribution is 7.09. The Hall–Kier alpha value is -0.650. The molecule has 0 bridgehead atoms. The monoisotopic (exact) mass is 313 g/mol. The van der Waals surface area contributed by atoms with Crippen LogP contribution in [0.15, 0.2) is 5.38 Å². The van der Waals surface area contributed by atoms with E-state index in [1.54, 1.807) is 0 Å². The predicted octanol–water partition coefficient (Wildman–Crippen LogP) is 2.17. The Balaban J connectivity index is 1.49. The molecule has 2 unspecified atom stereocenters. The van der Waals surface area contributed by atoms with Gasteiger partial charge in [-0.2, -0.15) is 0 Å². The second kappa shape index (κ2) is 6.41. The van der Waals surface area contributed by atoms with Gasteiger partial charge in [0.2, 0.25) is 5.91 Å². The molecule has 1 aromatic heterocycles. The number of aromatic nitrogens is 1. The summed E-state index contributed by atoms with van der Waals surface area (Å²) in [5, 5.41) is 5.96. The number of halogens is 1. The van der Waals surface area contributed by atoms with E-state index < -0.39 is 0 Å². The molecule has 3 rings (SSSR count). The molecular weight excluding hydrogens is 294 g/mol. The van der Waals surface area contributed by atoms with Gasteiger partial charge in [-0.05, 0) is 32.2 Å². The highest BCUT2D eigenvalue weighted by atomic mass is 35.5. The van der Waals surface area contributed by atoms with Crippen molar-refractivity contribution in [2.24, 2.45) is 0 Å². The maximum atomic E-state index is 12.1. The Labute approximate surface area is 128 Å². The van der Waals surface area contributed by atoms with Crippen LogP contribution in [0.5, 0.6) is 0 Å². The zero-order valence-electron chi connectivity index (χ0n) is 11.5. The average Bonchev–Trinajstić information content (AvgIpc) is 3.06. The SMILES string of the molecule is O=C(Cc1nc(CCl)cs1)NC1CCN2CCCC2C1. The quantitative estimate of drug-likeness (QED) is 0.867. The summed E-state index contributed by atoms with van der Waals surface area (Å²) in [6.45, 7) is 2.37. The standard InChI is InChI=1S/C14H20ClN3OS/c15-8-11-9-20-14(17-11)7-13(19)16-10-3-5-18-4-1-2-12(18)6-10/h9-10,12H,1-8H2,(H,16,19). The minimum absolute atomic E-state index is 0.0944. The van der Waals surface area contributed by atoms with E-state index >= 15 is 0 Å². The second-order valence-electron chi connectivity index (χ2n) is 5.66. The number of hydrogen-bond donors (Lipinski definition) is 1. The Morgan fingerprint density at radius 2 is 2.40 bits per heavy atom. The molecule has 0 saturated carbocycles. The lowest BCUT2D eigenvalue weighted by molar-refractivity contribution is -0.121. The van der Waals surface area contributed by atoms with E-state index in [-0.39, 0.29) is 5.91 Å². The van der Waals surface area contributed by atoms with Gasteiger partial charge in [-0.15, -0.1) is 22.9 Å². The summed E-state index contributed by atoms with van der Waals surface area (Å²) in [6.07, 6.45) is 5.17. The van der Waals surface area contributed by atoms with Gasteiger partial charge in [0.1, 0.15) is 5.01 Å². The summed E-state index contributed by atoms with van der Waals surface area (Å²) >= 11 is 7.24. The molecule has 0 radical (unpaired) electrons. The van der Waals surface area contributed by atoms with Gasteiger partial charge < -0.3 is 10.2 Å². The molecule has 2 aliphatic heterocycles. The first-order chi connectivity index (χ1) is 9.74. The van der Waals surface area contributed by atoms with E-state index in [1.807, 2.05) is 5.38 Å². The third-order valence-corrected chi connectivity index (χ3v) is 5.41. The van der Waals surface area contributed by atoms with Crippen LogP contribution in [0.4, 0.5) is 0 Å². The number of amides is 1. The normalized spacial score (nSPS) is 26.4. The largest absolute Gasteiger partial charge is 0.353 e. The summed E-state index contributed by atoms with van der Waals surface area (Å²) in [4.78, 5) is 19.0. The van der Waals surface area contributed by atoms with Crippen molar-refractivity contribution < 1.29 is 4.79 Å². The van der Waals surface area contributed by atoms with Crippen molar-refractivity contribution in [1.29, 1.82) is 0 Å². The molecule has 1 amide bonds. The molecule has 2 aliphatic rings. The average molecular weight is 314 g/mol. The van der Waals surface area contributed by atoms with Crippen LogP contribution in [0, 0.1) is 0 Å². The first kappa shape index (κ1) is 14.3. The number of piperidine rings is 1. The molecule has 0 aliphatic carbocycles. The van der Waals surface area contributed by atoms with Crippen LogP contribution in [-0.4, -0.2) is 41.0 Å². The number of hydrogen-bond acceptors (Lipinski definition) is 4. The number of fused-ring (bicyclic) bond motifs is 1. The number of nitrogens with zero attached hydrogens (tertiary/aromatic N) is 2. The van der Waals surface area contributed by atoms with Gasteiger partial charge in [0.15, 0.2) is 0 Å². The lowest BCUT2D eigenvalue weighted by Gasteiger charge is -2.35. The molecule has 110 valence electrons. The van der Waals surface area contributed by atoms with Gasteiger partial charge in [-0.1, -0.05) is 0 Å². The number of rotatable bonds is 4. The van der Waals surface area contributed by atoms with E-state index in [1.165, 1.54) is 30.7 Å². The van der Waals surface area contributed by atoms with Crippen LogP contribution < -0.4 is 5.32 Å². The van der Waals surface area contributed by atoms with Crippen molar-refractivity contribution in [3.8, 4) is 0 Å². The molecular formula is C14H20ClN3OS. The van der Waals surface area contributed by atoms with Crippen LogP contribution >= 0.6 is 22.9 Å². The van der Waals surface area contributed by atoms with Crippen molar-refractivity contribution >= 4 is 28.8 Å². The van der Waals surface area contributed by atoms with Crippen molar-refractivity contribution in [2.45, 2.75) is 50.1 Å². The Morgan fingerprint density at radius 3 is 3.20 bits per heavy atom. The Kier molecular flexibility index (Phi) is 4.58. The number of alkyl halides is 1. The summed E-state index contributed by atoms with van der Waals surface area (Å²) in [6, 6.07) is 1.03. The summed E-state index contributed by atoms with van der Waals surface area (Å²) < 4.78 is 0. The van der Waals surface area contributed by atoms with Crippen molar-refractivity contribution in [3.63, 3.8) is 0 Å². The van der Waals surface area contributed by atoms with Crippen LogP contribution in [0.3, 0.4) is 0 Å². The molecule has 0 spiro atoms. The number of thiazole rings is 1. The zero-order valence-corrected chi connectivity index (χ0v) is 13.1. The molecule has 2 saturated heterocycles.